The van der Waals surface area contributed by atoms with Gasteiger partial charge in [0.15, 0.2) is 5.76 Å². The van der Waals surface area contributed by atoms with Gasteiger partial charge in [0.1, 0.15) is 16.6 Å². The lowest BCUT2D eigenvalue weighted by molar-refractivity contribution is -0.385. The number of nitro benzene ring substituents is 1. The maximum Gasteiger partial charge on any atom is 0.270 e. The zero-order valence-electron chi connectivity index (χ0n) is 62.0. The number of aliphatic hydroxyl groups is 3. The molecule has 0 aliphatic carbocycles. The highest BCUT2D eigenvalue weighted by Gasteiger charge is 2.23. The van der Waals surface area contributed by atoms with Gasteiger partial charge in [-0.1, -0.05) is 61.7 Å². The molecule has 8 aromatic rings. The van der Waals surface area contributed by atoms with Gasteiger partial charge in [-0.3, -0.25) is 15.5 Å². The molecule has 105 heavy (non-hydrogen) atoms. The highest BCUT2D eigenvalue weighted by molar-refractivity contribution is 8.93. The number of halogens is 2. The minimum absolute atomic E-state index is 0. The van der Waals surface area contributed by atoms with Gasteiger partial charge in [0, 0.05) is 178 Å². The van der Waals surface area contributed by atoms with Gasteiger partial charge in [-0.25, -0.2) is 0 Å². The van der Waals surface area contributed by atoms with Crippen molar-refractivity contribution in [1.29, 1.82) is 16.2 Å². The Morgan fingerprint density at radius 1 is 0.505 bits per heavy atom. The van der Waals surface area contributed by atoms with Crippen LogP contribution in [0.1, 0.15) is 48.3 Å². The number of likely N-dealkylation sites (N-methyl/N-ethyl adjacent to an activating group) is 4. The second-order valence-corrected chi connectivity index (χ2v) is 30.0. The number of nitrogens with one attached hydrogen (secondary N) is 3. The summed E-state index contributed by atoms with van der Waals surface area (Å²) >= 11 is 8.91. The number of nitrogens with two attached hydrogens (primary N) is 1. The molecule has 0 fully saturated rings. The molecular formula is C77H113BrClN13O8S5. The number of nitrogen functional groups attached to an aromatic ring is 1. The van der Waals surface area contributed by atoms with Crippen LogP contribution in [0.25, 0.3) is 0 Å². The fourth-order valence-electron chi connectivity index (χ4n) is 10.4. The fraction of sp³-hybridized carbons (Fsp3) is 0.416. The third kappa shape index (κ3) is 33.3. The van der Waals surface area contributed by atoms with E-state index in [1.165, 1.54) is 60.2 Å². The highest BCUT2D eigenvalue weighted by Crippen LogP contribution is 2.40. The number of furan rings is 3. The van der Waals surface area contributed by atoms with Crippen LogP contribution in [-0.2, 0) is 18.6 Å². The van der Waals surface area contributed by atoms with E-state index in [0.717, 1.165) is 138 Å². The lowest BCUT2D eigenvalue weighted by Crippen LogP contribution is -2.35. The van der Waals surface area contributed by atoms with Crippen LogP contribution in [0.15, 0.2) is 191 Å². The molecule has 0 radical (unpaired) electrons. The summed E-state index contributed by atoms with van der Waals surface area (Å²) in [4.78, 5) is 33.9. The Balaban J connectivity index is 0.000000437. The van der Waals surface area contributed by atoms with Crippen molar-refractivity contribution in [2.24, 2.45) is 0 Å². The Labute approximate surface area is 662 Å². The summed E-state index contributed by atoms with van der Waals surface area (Å²) in [5, 5.41) is 56.9. The molecule has 7 heterocycles. The maximum atomic E-state index is 10.8. The third-order valence-corrected chi connectivity index (χ3v) is 20.7. The summed E-state index contributed by atoms with van der Waals surface area (Å²) < 4.78 is 15.8. The molecule has 0 spiro atoms. The molecule has 5 aromatic carbocycles. The van der Waals surface area contributed by atoms with Crippen LogP contribution in [0.2, 0.25) is 0 Å². The van der Waals surface area contributed by atoms with Gasteiger partial charge in [0.05, 0.1) is 57.9 Å². The van der Waals surface area contributed by atoms with Crippen LogP contribution >= 0.6 is 88.2 Å². The Kier molecular flexibility index (Phi) is 47.4. The summed E-state index contributed by atoms with van der Waals surface area (Å²) in [5.74, 6) is 7.15. The van der Waals surface area contributed by atoms with E-state index >= 15 is 0 Å². The summed E-state index contributed by atoms with van der Waals surface area (Å²) in [6.45, 7) is 14.6. The number of hydrogen-bond acceptors (Lipinski definition) is 25. The number of thioether (sulfide) groups is 5. The summed E-state index contributed by atoms with van der Waals surface area (Å²) in [5.41, 5.74) is 16.6. The van der Waals surface area contributed by atoms with E-state index in [4.69, 9.17) is 50.5 Å². The van der Waals surface area contributed by atoms with Crippen molar-refractivity contribution in [3.8, 4) is 0 Å². The number of hydrogen-bond donors (Lipinski definition) is 7. The van der Waals surface area contributed by atoms with Crippen LogP contribution in [-0.4, -0.2) is 235 Å². The van der Waals surface area contributed by atoms with Crippen LogP contribution in [0.3, 0.4) is 0 Å². The molecular weight excluding hydrogens is 1510 g/mol. The molecule has 0 saturated heterocycles. The van der Waals surface area contributed by atoms with E-state index < -0.39 is 0 Å². The van der Waals surface area contributed by atoms with Gasteiger partial charge in [-0.05, 0) is 165 Å². The number of nitrogens with zero attached hydrogens (tertiary/aromatic N) is 9. The Morgan fingerprint density at radius 3 is 1.18 bits per heavy atom. The fourth-order valence-corrected chi connectivity index (χ4v) is 15.6. The topological polar surface area (TPSA) is 267 Å². The molecule has 21 nitrogen and oxygen atoms in total. The zero-order valence-corrected chi connectivity index (χ0v) is 68.6. The molecule has 0 bridgehead atoms. The quantitative estimate of drug-likeness (QED) is 0.0109. The smallest absolute Gasteiger partial charge is 0.270 e. The van der Waals surface area contributed by atoms with E-state index in [1.54, 1.807) is 61.7 Å². The van der Waals surface area contributed by atoms with Crippen molar-refractivity contribution in [1.82, 2.24) is 19.6 Å². The molecule has 12 rings (SSSR count). The Bertz CT molecular complexity index is 3600. The molecule has 578 valence electrons. The van der Waals surface area contributed by atoms with Crippen molar-refractivity contribution in [3.05, 3.63) is 202 Å². The number of nitro groups is 1. The third-order valence-electron chi connectivity index (χ3n) is 15.7. The summed E-state index contributed by atoms with van der Waals surface area (Å²) in [6, 6.07) is 45.6. The molecule has 4 aliphatic rings. The molecule has 0 saturated carbocycles. The van der Waals surface area contributed by atoms with Crippen LogP contribution in [0.4, 0.5) is 34.1 Å². The van der Waals surface area contributed by atoms with E-state index in [-0.39, 0.29) is 54.0 Å². The van der Waals surface area contributed by atoms with Gasteiger partial charge < -0.3 is 84.3 Å². The molecule has 8 N–H and O–H groups in total. The van der Waals surface area contributed by atoms with Crippen molar-refractivity contribution in [2.75, 3.05) is 204 Å². The van der Waals surface area contributed by atoms with Gasteiger partial charge in [0.2, 0.25) is 0 Å². The first-order valence-corrected chi connectivity index (χ1v) is 38.8. The lowest BCUT2D eigenvalue weighted by atomic mass is 10.1. The second kappa shape index (κ2) is 52.6. The average molecular weight is 1620 g/mol. The van der Waals surface area contributed by atoms with E-state index in [9.17, 15) is 10.1 Å². The SMILES string of the molecule is Br.C.CCO.CN(C)CCN1CCSc2cc(CC(=N)c3ccco3)ccc21.CN(C)CCN1CCSc2cc(CC(=N)c3ccco3)ccc21.CN(C)CCN1CCSc2cc(N)ccc21.CN(C)CCN1CCSc2cc([N+](=O)[O-])ccc21.CO.CO.Cl.N=C(SCc1ccccc1)c1ccco1. The largest absolute Gasteiger partial charge is 0.463 e. The molecule has 3 aromatic heterocycles. The predicted molar refractivity (Wildman–Crippen MR) is 458 cm³/mol. The first-order valence-electron chi connectivity index (χ1n) is 33.8. The van der Waals surface area contributed by atoms with Crippen LogP contribution in [0.5, 0.6) is 0 Å². The minimum atomic E-state index is -0.334. The highest BCUT2D eigenvalue weighted by atomic mass is 79.9. The number of aliphatic hydroxyl groups excluding tert-OH is 3. The van der Waals surface area contributed by atoms with Crippen LogP contribution < -0.4 is 25.3 Å². The number of anilines is 5. The van der Waals surface area contributed by atoms with E-state index in [0.29, 0.717) is 46.6 Å². The van der Waals surface area contributed by atoms with Crippen molar-refractivity contribution in [2.45, 2.75) is 52.5 Å². The molecule has 0 amide bonds. The molecule has 0 atom stereocenters. The summed E-state index contributed by atoms with van der Waals surface area (Å²) in [6.07, 6.45) is 6.05. The van der Waals surface area contributed by atoms with E-state index in [2.05, 4.69) is 156 Å². The van der Waals surface area contributed by atoms with E-state index in [1.807, 2.05) is 89.9 Å². The lowest BCUT2D eigenvalue weighted by Gasteiger charge is -2.32. The van der Waals surface area contributed by atoms with Crippen molar-refractivity contribution < 1.29 is 33.5 Å². The monoisotopic (exact) mass is 1620 g/mol. The maximum absolute atomic E-state index is 10.8. The van der Waals surface area contributed by atoms with Crippen LogP contribution in [0, 0.1) is 26.3 Å². The Morgan fingerprint density at radius 2 is 0.838 bits per heavy atom. The van der Waals surface area contributed by atoms with Crippen molar-refractivity contribution >= 4 is 139 Å². The van der Waals surface area contributed by atoms with Gasteiger partial charge >= 0.3 is 0 Å². The predicted octanol–water partition coefficient (Wildman–Crippen LogP) is 14.9. The first-order chi connectivity index (χ1) is 49.3. The van der Waals surface area contributed by atoms with Gasteiger partial charge in [0.25, 0.3) is 5.69 Å². The normalized spacial score (nSPS) is 12.8. The molecule has 28 heteroatoms. The average Bonchev–Trinajstić information content (AvgIpc) is 1.17. The number of fused-ring (bicyclic) bond motifs is 4. The standard InChI is InChI=1S/2C18H23N3OS.C12H17N3O2S.C12H19N3S.C12H11NOS.C2H6O.2CH4O.CH4.BrH.ClH/c2*1-20(2)7-8-21-9-11-23-18-13-14(5-6-16(18)21)12-15(19)17-4-3-10-22-17;1-13(2)5-6-14-7-8-18-12-9-10(15(16)17)3-4-11(12)14;1-14(2)5-6-15-7-8-16-12-9-10(13)3-4-11(12)15;13-12(11-7-4-8-14-11)15-9-10-5-2-1-3-6-10;1-2-3;2*1-2;;;/h2*3-6,10,13,19H,7-9,11-12H2,1-2H3;3-4,9H,5-8H2,1-2H3;3-4,9H,5-8,13H2,1-2H3;1-8,13H,9H2;3H,2H2,1H3;2*2H,1H3;1H4;2*1H. The minimum Gasteiger partial charge on any atom is -0.463 e. The van der Waals surface area contributed by atoms with Gasteiger partial charge in [-0.2, -0.15) is 0 Å². The van der Waals surface area contributed by atoms with Gasteiger partial charge in [-0.15, -0.1) is 76.4 Å². The number of benzene rings is 5. The second-order valence-electron chi connectivity index (χ2n) is 24.5. The number of rotatable bonds is 22. The first kappa shape index (κ1) is 94.7. The van der Waals surface area contributed by atoms with Crippen molar-refractivity contribution in [3.63, 3.8) is 0 Å². The zero-order chi connectivity index (χ0) is 74.3. The Hall–Kier alpha value is -6.41. The summed E-state index contributed by atoms with van der Waals surface area (Å²) in [7, 11) is 18.8. The molecule has 4 aliphatic heterocycles. The molecule has 0 unspecified atom stereocenters. The number of non-ortho nitro benzene ring substituents is 1.